The van der Waals surface area contributed by atoms with Gasteiger partial charge in [-0.2, -0.15) is 0 Å². The zero-order valence-corrected chi connectivity index (χ0v) is 12.4. The van der Waals surface area contributed by atoms with Crippen LogP contribution in [0.1, 0.15) is 17.2 Å². The Kier molecular flexibility index (Phi) is 3.95. The van der Waals surface area contributed by atoms with Gasteiger partial charge in [0.05, 0.1) is 16.8 Å². The molecule has 0 amide bonds. The molecule has 0 bridgehead atoms. The molecule has 0 radical (unpaired) electrons. The maximum absolute atomic E-state index is 6.45. The summed E-state index contributed by atoms with van der Waals surface area (Å²) in [6.07, 6.45) is 0. The van der Waals surface area contributed by atoms with Crippen molar-refractivity contribution >= 4 is 17.3 Å². The first-order valence-electron chi connectivity index (χ1n) is 7.04. The fourth-order valence-electron chi connectivity index (χ4n) is 2.81. The highest BCUT2D eigenvalue weighted by molar-refractivity contribution is 6.33. The molecule has 3 rings (SSSR count). The summed E-state index contributed by atoms with van der Waals surface area (Å²) >= 11 is 6.45. The first-order chi connectivity index (χ1) is 9.75. The number of halogens is 1. The molecule has 1 aliphatic heterocycles. The van der Waals surface area contributed by atoms with Crippen LogP contribution in [-0.4, -0.2) is 19.6 Å². The van der Waals surface area contributed by atoms with E-state index in [1.54, 1.807) is 0 Å². The molecule has 2 nitrogen and oxygen atoms in total. The normalized spacial score (nSPS) is 19.1. The molecule has 0 aromatic heterocycles. The molecule has 1 unspecified atom stereocenters. The number of hydrogen-bond donors (Lipinski definition) is 1. The van der Waals surface area contributed by atoms with Gasteiger partial charge in [-0.3, -0.25) is 0 Å². The van der Waals surface area contributed by atoms with Crippen molar-refractivity contribution in [3.05, 3.63) is 64.7 Å². The SMILES string of the molecule is Cc1ccc(N2CCNCC2c2ccccc2)c(Cl)c1. The first-order valence-corrected chi connectivity index (χ1v) is 7.42. The van der Waals surface area contributed by atoms with Crippen molar-refractivity contribution in [1.29, 1.82) is 0 Å². The van der Waals surface area contributed by atoms with Crippen LogP contribution in [0.5, 0.6) is 0 Å². The van der Waals surface area contributed by atoms with E-state index in [2.05, 4.69) is 59.6 Å². The lowest BCUT2D eigenvalue weighted by molar-refractivity contribution is 0.490. The molecule has 2 aromatic carbocycles. The van der Waals surface area contributed by atoms with Crippen molar-refractivity contribution in [3.8, 4) is 0 Å². The van der Waals surface area contributed by atoms with Gasteiger partial charge in [-0.1, -0.05) is 48.0 Å². The zero-order chi connectivity index (χ0) is 13.9. The molecule has 1 aliphatic rings. The molecule has 3 heteroatoms. The van der Waals surface area contributed by atoms with Crippen molar-refractivity contribution < 1.29 is 0 Å². The highest BCUT2D eigenvalue weighted by Crippen LogP contribution is 2.33. The number of hydrogen-bond acceptors (Lipinski definition) is 2. The summed E-state index contributed by atoms with van der Waals surface area (Å²) in [6.45, 7) is 4.99. The Bertz CT molecular complexity index is 583. The molecule has 104 valence electrons. The van der Waals surface area contributed by atoms with Gasteiger partial charge < -0.3 is 10.2 Å². The molecular formula is C17H19ClN2. The lowest BCUT2D eigenvalue weighted by atomic mass is 10.0. The molecule has 1 heterocycles. The second-order valence-corrected chi connectivity index (χ2v) is 5.69. The molecule has 0 aliphatic carbocycles. The largest absolute Gasteiger partial charge is 0.361 e. The van der Waals surface area contributed by atoms with Crippen molar-refractivity contribution in [1.82, 2.24) is 5.32 Å². The van der Waals surface area contributed by atoms with Crippen molar-refractivity contribution in [2.45, 2.75) is 13.0 Å². The number of nitrogens with zero attached hydrogens (tertiary/aromatic N) is 1. The summed E-state index contributed by atoms with van der Waals surface area (Å²) in [5, 5.41) is 4.32. The van der Waals surface area contributed by atoms with E-state index in [0.717, 1.165) is 30.3 Å². The number of nitrogens with one attached hydrogen (secondary N) is 1. The molecule has 2 aromatic rings. The summed E-state index contributed by atoms with van der Waals surface area (Å²) in [5.41, 5.74) is 3.66. The summed E-state index contributed by atoms with van der Waals surface area (Å²) in [7, 11) is 0. The van der Waals surface area contributed by atoms with Crippen LogP contribution in [0.25, 0.3) is 0 Å². The van der Waals surface area contributed by atoms with Crippen LogP contribution in [0.2, 0.25) is 5.02 Å². The smallest absolute Gasteiger partial charge is 0.0668 e. The predicted molar refractivity (Wildman–Crippen MR) is 85.6 cm³/mol. The van der Waals surface area contributed by atoms with Crippen LogP contribution >= 0.6 is 11.6 Å². The average molecular weight is 287 g/mol. The van der Waals surface area contributed by atoms with Gasteiger partial charge in [0.1, 0.15) is 0 Å². The van der Waals surface area contributed by atoms with E-state index in [9.17, 15) is 0 Å². The fourth-order valence-corrected chi connectivity index (χ4v) is 3.15. The van der Waals surface area contributed by atoms with Crippen LogP contribution in [0.4, 0.5) is 5.69 Å². The van der Waals surface area contributed by atoms with E-state index < -0.39 is 0 Å². The number of rotatable bonds is 2. The number of anilines is 1. The lowest BCUT2D eigenvalue weighted by Gasteiger charge is -2.38. The van der Waals surface area contributed by atoms with Crippen molar-refractivity contribution in [3.63, 3.8) is 0 Å². The van der Waals surface area contributed by atoms with Crippen LogP contribution in [0.15, 0.2) is 48.5 Å². The van der Waals surface area contributed by atoms with E-state index >= 15 is 0 Å². The Morgan fingerprint density at radius 2 is 1.95 bits per heavy atom. The van der Waals surface area contributed by atoms with Crippen LogP contribution in [0.3, 0.4) is 0 Å². The van der Waals surface area contributed by atoms with E-state index in [1.807, 2.05) is 6.07 Å². The maximum atomic E-state index is 6.45. The van der Waals surface area contributed by atoms with Gasteiger partial charge in [0.15, 0.2) is 0 Å². The molecule has 1 fully saturated rings. The third-order valence-corrected chi connectivity index (χ3v) is 4.14. The molecule has 1 atom stereocenters. The Balaban J connectivity index is 1.97. The van der Waals surface area contributed by atoms with Gasteiger partial charge in [0.2, 0.25) is 0 Å². The van der Waals surface area contributed by atoms with E-state index in [0.29, 0.717) is 6.04 Å². The standard InChI is InChI=1S/C17H19ClN2/c1-13-7-8-16(15(18)11-13)20-10-9-19-12-17(20)14-5-3-2-4-6-14/h2-8,11,17,19H,9-10,12H2,1H3. The first kappa shape index (κ1) is 13.5. The average Bonchev–Trinajstić information content (AvgIpc) is 2.48. The Labute approximate surface area is 125 Å². The quantitative estimate of drug-likeness (QED) is 0.903. The maximum Gasteiger partial charge on any atom is 0.0668 e. The Morgan fingerprint density at radius 1 is 1.15 bits per heavy atom. The number of benzene rings is 2. The summed E-state index contributed by atoms with van der Waals surface area (Å²) in [6, 6.07) is 17.3. The Hall–Kier alpha value is -1.51. The molecule has 0 spiro atoms. The monoisotopic (exact) mass is 286 g/mol. The highest BCUT2D eigenvalue weighted by atomic mass is 35.5. The van der Waals surface area contributed by atoms with Gasteiger partial charge in [0, 0.05) is 19.6 Å². The van der Waals surface area contributed by atoms with Crippen LogP contribution < -0.4 is 10.2 Å². The van der Waals surface area contributed by atoms with E-state index in [-0.39, 0.29) is 0 Å². The number of piperazine rings is 1. The lowest BCUT2D eigenvalue weighted by Crippen LogP contribution is -2.46. The second kappa shape index (κ2) is 5.86. The van der Waals surface area contributed by atoms with Crippen LogP contribution in [-0.2, 0) is 0 Å². The van der Waals surface area contributed by atoms with Gasteiger partial charge in [-0.05, 0) is 30.2 Å². The van der Waals surface area contributed by atoms with Gasteiger partial charge in [-0.25, -0.2) is 0 Å². The molecule has 0 saturated carbocycles. The minimum absolute atomic E-state index is 0.338. The number of aryl methyl sites for hydroxylation is 1. The molecule has 20 heavy (non-hydrogen) atoms. The predicted octanol–water partition coefficient (Wildman–Crippen LogP) is 3.80. The van der Waals surface area contributed by atoms with E-state index in [4.69, 9.17) is 11.6 Å². The fraction of sp³-hybridized carbons (Fsp3) is 0.294. The third kappa shape index (κ3) is 2.67. The topological polar surface area (TPSA) is 15.3 Å². The summed E-state index contributed by atoms with van der Waals surface area (Å²) < 4.78 is 0. The summed E-state index contributed by atoms with van der Waals surface area (Å²) in [4.78, 5) is 2.41. The molecule has 1 N–H and O–H groups in total. The summed E-state index contributed by atoms with van der Waals surface area (Å²) in [5.74, 6) is 0. The van der Waals surface area contributed by atoms with E-state index in [1.165, 1.54) is 11.1 Å². The minimum Gasteiger partial charge on any atom is -0.361 e. The second-order valence-electron chi connectivity index (χ2n) is 5.28. The molecule has 1 saturated heterocycles. The zero-order valence-electron chi connectivity index (χ0n) is 11.6. The Morgan fingerprint density at radius 3 is 2.70 bits per heavy atom. The van der Waals surface area contributed by atoms with Crippen LogP contribution in [0, 0.1) is 6.92 Å². The third-order valence-electron chi connectivity index (χ3n) is 3.84. The molecular weight excluding hydrogens is 268 g/mol. The van der Waals surface area contributed by atoms with Gasteiger partial charge >= 0.3 is 0 Å². The minimum atomic E-state index is 0.338. The van der Waals surface area contributed by atoms with Gasteiger partial charge in [-0.15, -0.1) is 0 Å². The highest BCUT2D eigenvalue weighted by Gasteiger charge is 2.25. The van der Waals surface area contributed by atoms with Crippen molar-refractivity contribution in [2.75, 3.05) is 24.5 Å². The van der Waals surface area contributed by atoms with Crippen molar-refractivity contribution in [2.24, 2.45) is 0 Å². The van der Waals surface area contributed by atoms with Gasteiger partial charge in [0.25, 0.3) is 0 Å².